The lowest BCUT2D eigenvalue weighted by Crippen LogP contribution is -2.51. The van der Waals surface area contributed by atoms with Gasteiger partial charge in [-0.05, 0) is 31.0 Å². The molecule has 4 heteroatoms. The van der Waals surface area contributed by atoms with Crippen molar-refractivity contribution < 1.29 is 9.84 Å². The van der Waals surface area contributed by atoms with Crippen LogP contribution in [-0.4, -0.2) is 62.6 Å². The van der Waals surface area contributed by atoms with Gasteiger partial charge in [0.15, 0.2) is 0 Å². The molecule has 0 aliphatic carbocycles. The lowest BCUT2D eigenvalue weighted by molar-refractivity contribution is 0.0549. The van der Waals surface area contributed by atoms with E-state index in [0.717, 1.165) is 45.8 Å². The lowest BCUT2D eigenvalue weighted by atomic mass is 9.87. The molecule has 2 fully saturated rings. The molecule has 1 aromatic carbocycles. The number of aliphatic hydroxyl groups excluding tert-OH is 1. The molecule has 3 rings (SSSR count). The number of benzene rings is 1. The number of aryl methyl sites for hydroxylation is 1. The van der Waals surface area contributed by atoms with E-state index in [1.54, 1.807) is 0 Å². The van der Waals surface area contributed by atoms with Crippen molar-refractivity contribution in [3.63, 3.8) is 0 Å². The van der Waals surface area contributed by atoms with Crippen LogP contribution in [0.25, 0.3) is 0 Å². The Kier molecular flexibility index (Phi) is 4.48. The number of hydrogen-bond donors (Lipinski definition) is 1. The Morgan fingerprint density at radius 2 is 2.05 bits per heavy atom. The Morgan fingerprint density at radius 1 is 1.24 bits per heavy atom. The highest BCUT2D eigenvalue weighted by Gasteiger charge is 2.36. The fourth-order valence-electron chi connectivity index (χ4n) is 3.41. The molecule has 1 N–H and O–H groups in total. The number of rotatable bonds is 4. The van der Waals surface area contributed by atoms with Crippen molar-refractivity contribution in [1.29, 1.82) is 0 Å². The highest BCUT2D eigenvalue weighted by molar-refractivity contribution is 5.48. The van der Waals surface area contributed by atoms with E-state index in [9.17, 15) is 5.11 Å². The molecule has 4 nitrogen and oxygen atoms in total. The number of ether oxygens (including phenoxy) is 1. The van der Waals surface area contributed by atoms with E-state index in [2.05, 4.69) is 41.0 Å². The third kappa shape index (κ3) is 3.39. The first-order valence-corrected chi connectivity index (χ1v) is 7.93. The largest absolute Gasteiger partial charge is 0.396 e. The minimum atomic E-state index is -0.0223. The predicted molar refractivity (Wildman–Crippen MR) is 84.8 cm³/mol. The second-order valence-electron chi connectivity index (χ2n) is 6.56. The van der Waals surface area contributed by atoms with Crippen LogP contribution in [-0.2, 0) is 4.74 Å². The third-order valence-corrected chi connectivity index (χ3v) is 4.82. The van der Waals surface area contributed by atoms with Crippen molar-refractivity contribution >= 4 is 5.69 Å². The molecule has 116 valence electrons. The molecule has 2 aliphatic heterocycles. The summed E-state index contributed by atoms with van der Waals surface area (Å²) in [6.07, 6.45) is 0.988. The first kappa shape index (κ1) is 14.8. The monoisotopic (exact) mass is 290 g/mol. The van der Waals surface area contributed by atoms with Gasteiger partial charge in [0, 0.05) is 50.4 Å². The van der Waals surface area contributed by atoms with Crippen molar-refractivity contribution in [3.8, 4) is 0 Å². The zero-order valence-electron chi connectivity index (χ0n) is 12.9. The van der Waals surface area contributed by atoms with Crippen LogP contribution >= 0.6 is 0 Å². The Balaban J connectivity index is 1.55. The minimum Gasteiger partial charge on any atom is -0.396 e. The topological polar surface area (TPSA) is 35.9 Å². The number of nitrogens with zero attached hydrogens (tertiary/aromatic N) is 2. The van der Waals surface area contributed by atoms with Crippen molar-refractivity contribution in [1.82, 2.24) is 4.90 Å². The summed E-state index contributed by atoms with van der Waals surface area (Å²) >= 11 is 0. The standard InChI is InChI=1S/C17H26N2O2/c1-15-3-2-4-16(11-15)19-8-6-18(7-9-19)12-17(13-20)5-10-21-14-17/h2-4,11,20H,5-10,12-14H2,1H3. The molecular weight excluding hydrogens is 264 g/mol. The highest BCUT2D eigenvalue weighted by atomic mass is 16.5. The lowest BCUT2D eigenvalue weighted by Gasteiger charge is -2.40. The Morgan fingerprint density at radius 3 is 2.67 bits per heavy atom. The summed E-state index contributed by atoms with van der Waals surface area (Å²) < 4.78 is 5.50. The highest BCUT2D eigenvalue weighted by Crippen LogP contribution is 2.29. The minimum absolute atomic E-state index is 0.0223. The Bertz CT molecular complexity index is 464. The zero-order chi connectivity index (χ0) is 14.7. The summed E-state index contributed by atoms with van der Waals surface area (Å²) in [5.74, 6) is 0. The van der Waals surface area contributed by atoms with E-state index >= 15 is 0 Å². The van der Waals surface area contributed by atoms with Gasteiger partial charge in [0.2, 0.25) is 0 Å². The number of anilines is 1. The van der Waals surface area contributed by atoms with Gasteiger partial charge >= 0.3 is 0 Å². The molecule has 2 heterocycles. The molecule has 21 heavy (non-hydrogen) atoms. The van der Waals surface area contributed by atoms with Crippen molar-refractivity contribution in [3.05, 3.63) is 29.8 Å². The molecular formula is C17H26N2O2. The average Bonchev–Trinajstić information content (AvgIpc) is 2.97. The van der Waals surface area contributed by atoms with E-state index in [0.29, 0.717) is 6.61 Å². The molecule has 1 unspecified atom stereocenters. The fraction of sp³-hybridized carbons (Fsp3) is 0.647. The predicted octanol–water partition coefficient (Wildman–Crippen LogP) is 1.52. The number of aliphatic hydroxyl groups is 1. The van der Waals surface area contributed by atoms with Gasteiger partial charge in [0.25, 0.3) is 0 Å². The van der Waals surface area contributed by atoms with Crippen LogP contribution in [0.3, 0.4) is 0 Å². The van der Waals surface area contributed by atoms with Crippen LogP contribution in [0.1, 0.15) is 12.0 Å². The quantitative estimate of drug-likeness (QED) is 0.912. The van der Waals surface area contributed by atoms with Crippen LogP contribution in [0.15, 0.2) is 24.3 Å². The molecule has 0 bridgehead atoms. The van der Waals surface area contributed by atoms with Gasteiger partial charge in [-0.25, -0.2) is 0 Å². The second kappa shape index (κ2) is 6.34. The Labute approximate surface area is 127 Å². The number of piperazine rings is 1. The second-order valence-corrected chi connectivity index (χ2v) is 6.56. The summed E-state index contributed by atoms with van der Waals surface area (Å²) in [7, 11) is 0. The van der Waals surface area contributed by atoms with Crippen molar-refractivity contribution in [2.24, 2.45) is 5.41 Å². The smallest absolute Gasteiger partial charge is 0.0557 e. The summed E-state index contributed by atoms with van der Waals surface area (Å²) in [5.41, 5.74) is 2.62. The Hall–Kier alpha value is -1.10. The maximum Gasteiger partial charge on any atom is 0.0557 e. The molecule has 0 spiro atoms. The maximum atomic E-state index is 9.69. The first-order chi connectivity index (χ1) is 10.2. The molecule has 0 amide bonds. The normalized spacial score (nSPS) is 27.2. The average molecular weight is 290 g/mol. The summed E-state index contributed by atoms with van der Waals surface area (Å²) in [5, 5.41) is 9.69. The summed E-state index contributed by atoms with van der Waals surface area (Å²) in [6.45, 7) is 9.11. The molecule has 2 aliphatic rings. The van der Waals surface area contributed by atoms with E-state index in [4.69, 9.17) is 4.74 Å². The third-order valence-electron chi connectivity index (χ3n) is 4.82. The van der Waals surface area contributed by atoms with Gasteiger partial charge in [0.05, 0.1) is 13.2 Å². The van der Waals surface area contributed by atoms with E-state index in [-0.39, 0.29) is 12.0 Å². The molecule has 0 saturated carbocycles. The molecule has 1 atom stereocenters. The number of hydrogen-bond acceptors (Lipinski definition) is 4. The summed E-state index contributed by atoms with van der Waals surface area (Å²) in [6, 6.07) is 8.73. The molecule has 0 aromatic heterocycles. The van der Waals surface area contributed by atoms with Gasteiger partial charge in [-0.3, -0.25) is 4.90 Å². The van der Waals surface area contributed by atoms with Gasteiger partial charge in [-0.2, -0.15) is 0 Å². The summed E-state index contributed by atoms with van der Waals surface area (Å²) in [4.78, 5) is 4.94. The molecule has 1 aromatic rings. The van der Waals surface area contributed by atoms with E-state index < -0.39 is 0 Å². The fourth-order valence-corrected chi connectivity index (χ4v) is 3.41. The van der Waals surface area contributed by atoms with E-state index in [1.165, 1.54) is 11.3 Å². The van der Waals surface area contributed by atoms with Crippen molar-refractivity contribution in [2.75, 3.05) is 57.4 Å². The van der Waals surface area contributed by atoms with Crippen molar-refractivity contribution in [2.45, 2.75) is 13.3 Å². The van der Waals surface area contributed by atoms with Crippen LogP contribution < -0.4 is 4.90 Å². The van der Waals surface area contributed by atoms with Crippen LogP contribution in [0.5, 0.6) is 0 Å². The SMILES string of the molecule is Cc1cccc(N2CCN(CC3(CO)CCOC3)CC2)c1. The van der Waals surface area contributed by atoms with Gasteiger partial charge in [0.1, 0.15) is 0 Å². The zero-order valence-corrected chi connectivity index (χ0v) is 12.9. The van der Waals surface area contributed by atoms with Gasteiger partial charge in [-0.15, -0.1) is 0 Å². The van der Waals surface area contributed by atoms with Crippen LogP contribution in [0.4, 0.5) is 5.69 Å². The van der Waals surface area contributed by atoms with Crippen LogP contribution in [0.2, 0.25) is 0 Å². The van der Waals surface area contributed by atoms with Gasteiger partial charge in [-0.1, -0.05) is 12.1 Å². The molecule has 2 saturated heterocycles. The van der Waals surface area contributed by atoms with Gasteiger partial charge < -0.3 is 14.7 Å². The first-order valence-electron chi connectivity index (χ1n) is 7.93. The van der Waals surface area contributed by atoms with E-state index in [1.807, 2.05) is 0 Å². The molecule has 0 radical (unpaired) electrons. The maximum absolute atomic E-state index is 9.69. The van der Waals surface area contributed by atoms with Crippen LogP contribution in [0, 0.1) is 12.3 Å².